The molecular formula is C27H44N2O4S. The van der Waals surface area contributed by atoms with Crippen molar-refractivity contribution in [2.75, 3.05) is 32.8 Å². The van der Waals surface area contributed by atoms with Crippen LogP contribution in [-0.4, -0.2) is 73.1 Å². The molecule has 34 heavy (non-hydrogen) atoms. The summed E-state index contributed by atoms with van der Waals surface area (Å²) in [6.45, 7) is 8.04. The molecule has 1 N–H and O–H groups in total. The predicted molar refractivity (Wildman–Crippen MR) is 136 cm³/mol. The smallest absolute Gasteiger partial charge is 0.216 e. The molecule has 7 heteroatoms. The van der Waals surface area contributed by atoms with Gasteiger partial charge in [0.2, 0.25) is 10.0 Å². The third-order valence-corrected chi connectivity index (χ3v) is 10.9. The van der Waals surface area contributed by atoms with Crippen LogP contribution in [-0.2, 0) is 21.2 Å². The first kappa shape index (κ1) is 26.1. The summed E-state index contributed by atoms with van der Waals surface area (Å²) in [6, 6.07) is 9.83. The Bertz CT molecular complexity index is 859. The molecule has 0 bridgehead atoms. The van der Waals surface area contributed by atoms with Gasteiger partial charge in [0.25, 0.3) is 0 Å². The van der Waals surface area contributed by atoms with Crippen molar-refractivity contribution in [3.8, 4) is 0 Å². The van der Waals surface area contributed by atoms with Gasteiger partial charge in [-0.25, -0.2) is 12.7 Å². The highest BCUT2D eigenvalue weighted by Crippen LogP contribution is 2.37. The van der Waals surface area contributed by atoms with E-state index in [1.165, 1.54) is 30.5 Å². The molecule has 0 amide bonds. The van der Waals surface area contributed by atoms with Crippen LogP contribution in [0.15, 0.2) is 24.3 Å². The minimum absolute atomic E-state index is 0.0314. The summed E-state index contributed by atoms with van der Waals surface area (Å²) < 4.78 is 33.5. The van der Waals surface area contributed by atoms with Gasteiger partial charge in [-0.3, -0.25) is 0 Å². The van der Waals surface area contributed by atoms with Gasteiger partial charge >= 0.3 is 0 Å². The van der Waals surface area contributed by atoms with Crippen molar-refractivity contribution in [3.63, 3.8) is 0 Å². The number of piperidine rings is 1. The lowest BCUT2D eigenvalue weighted by molar-refractivity contribution is -0.138. The number of likely N-dealkylation sites (tertiary alicyclic amines) is 1. The molecule has 0 aromatic heterocycles. The number of aliphatic hydroxyl groups is 1. The molecule has 1 aromatic rings. The zero-order valence-corrected chi connectivity index (χ0v) is 21.9. The molecule has 0 spiro atoms. The fraction of sp³-hybridized carbons (Fsp3) is 0.778. The molecule has 1 aliphatic carbocycles. The molecule has 2 heterocycles. The van der Waals surface area contributed by atoms with Gasteiger partial charge in [0.1, 0.15) is 0 Å². The van der Waals surface area contributed by atoms with Gasteiger partial charge in [-0.05, 0) is 95.2 Å². The molecule has 4 rings (SSSR count). The third kappa shape index (κ3) is 6.22. The standard InChI is InChI=1S/C27H44N2O4S/c1-3-33-27(30)25-15-19-29(20-16-25)34(31,32)26-12-10-24(11-13-26)23-8-6-22(7-9-23)14-18-28-17-4-5-21(28)2/h6-9,21,24-27,30H,3-5,10-20H2,1-2H3/t21-,24?,26?,27?/m1/s1. The van der Waals surface area contributed by atoms with E-state index in [2.05, 4.69) is 36.1 Å². The largest absolute Gasteiger partial charge is 0.368 e. The van der Waals surface area contributed by atoms with E-state index < -0.39 is 16.3 Å². The summed E-state index contributed by atoms with van der Waals surface area (Å²) in [7, 11) is -3.27. The minimum atomic E-state index is -3.27. The van der Waals surface area contributed by atoms with E-state index in [9.17, 15) is 13.5 Å². The highest BCUT2D eigenvalue weighted by Gasteiger charge is 2.38. The fourth-order valence-corrected chi connectivity index (χ4v) is 8.19. The van der Waals surface area contributed by atoms with Gasteiger partial charge in [0.05, 0.1) is 5.25 Å². The number of hydrogen-bond acceptors (Lipinski definition) is 5. The van der Waals surface area contributed by atoms with Crippen LogP contribution in [0.4, 0.5) is 0 Å². The van der Waals surface area contributed by atoms with Crippen molar-refractivity contribution < 1.29 is 18.3 Å². The summed E-state index contributed by atoms with van der Waals surface area (Å²) in [5.41, 5.74) is 2.76. The first-order valence-corrected chi connectivity index (χ1v) is 15.0. The quantitative estimate of drug-likeness (QED) is 0.525. The van der Waals surface area contributed by atoms with Crippen molar-refractivity contribution in [1.29, 1.82) is 0 Å². The SMILES string of the molecule is CCOC(O)C1CCN(S(=O)(=O)C2CCC(c3ccc(CCN4CCC[C@H]4C)cc3)CC2)CC1. The molecule has 2 saturated heterocycles. The van der Waals surface area contributed by atoms with Crippen molar-refractivity contribution in [1.82, 2.24) is 9.21 Å². The normalized spacial score (nSPS) is 28.9. The zero-order valence-electron chi connectivity index (χ0n) is 21.1. The maximum absolute atomic E-state index is 13.3. The van der Waals surface area contributed by atoms with Crippen LogP contribution in [0, 0.1) is 5.92 Å². The van der Waals surface area contributed by atoms with Gasteiger partial charge in [-0.15, -0.1) is 0 Å². The van der Waals surface area contributed by atoms with Crippen LogP contribution >= 0.6 is 0 Å². The summed E-state index contributed by atoms with van der Waals surface area (Å²) >= 11 is 0. The molecule has 3 fully saturated rings. The Balaban J connectivity index is 1.24. The molecular weight excluding hydrogens is 448 g/mol. The molecule has 1 saturated carbocycles. The van der Waals surface area contributed by atoms with E-state index in [1.807, 2.05) is 6.92 Å². The average molecular weight is 493 g/mol. The highest BCUT2D eigenvalue weighted by molar-refractivity contribution is 7.89. The minimum Gasteiger partial charge on any atom is -0.368 e. The van der Waals surface area contributed by atoms with Gasteiger partial charge in [-0.1, -0.05) is 24.3 Å². The molecule has 0 radical (unpaired) electrons. The first-order valence-electron chi connectivity index (χ1n) is 13.5. The number of aliphatic hydroxyl groups excluding tert-OH is 1. The molecule has 6 nitrogen and oxygen atoms in total. The highest BCUT2D eigenvalue weighted by atomic mass is 32.2. The maximum Gasteiger partial charge on any atom is 0.216 e. The van der Waals surface area contributed by atoms with E-state index >= 15 is 0 Å². The second-order valence-corrected chi connectivity index (χ2v) is 12.8. The van der Waals surface area contributed by atoms with Crippen LogP contribution in [0.5, 0.6) is 0 Å². The van der Waals surface area contributed by atoms with Gasteiger partial charge in [0.15, 0.2) is 6.29 Å². The third-order valence-electron chi connectivity index (χ3n) is 8.52. The topological polar surface area (TPSA) is 70.1 Å². The van der Waals surface area contributed by atoms with Gasteiger partial charge in [0, 0.05) is 38.2 Å². The Hall–Kier alpha value is -0.990. The molecule has 1 aromatic carbocycles. The van der Waals surface area contributed by atoms with E-state index in [1.54, 1.807) is 4.31 Å². The van der Waals surface area contributed by atoms with Crippen molar-refractivity contribution >= 4 is 10.0 Å². The monoisotopic (exact) mass is 492 g/mol. The number of sulfonamides is 1. The van der Waals surface area contributed by atoms with Crippen LogP contribution in [0.3, 0.4) is 0 Å². The Labute approximate surface area is 206 Å². The second-order valence-electron chi connectivity index (χ2n) is 10.6. The second kappa shape index (κ2) is 11.8. The van der Waals surface area contributed by atoms with E-state index in [-0.39, 0.29) is 11.2 Å². The lowest BCUT2D eigenvalue weighted by Gasteiger charge is -2.37. The van der Waals surface area contributed by atoms with Gasteiger partial charge < -0.3 is 14.7 Å². The lowest BCUT2D eigenvalue weighted by Crippen LogP contribution is -2.46. The van der Waals surface area contributed by atoms with Crippen LogP contribution in [0.1, 0.15) is 82.3 Å². The average Bonchev–Trinajstić information content (AvgIpc) is 3.28. The van der Waals surface area contributed by atoms with Gasteiger partial charge in [-0.2, -0.15) is 0 Å². The zero-order chi connectivity index (χ0) is 24.1. The molecule has 1 unspecified atom stereocenters. The molecule has 2 aliphatic heterocycles. The summed E-state index contributed by atoms with van der Waals surface area (Å²) in [6.07, 6.45) is 7.67. The Morgan fingerprint density at radius 3 is 2.26 bits per heavy atom. The van der Waals surface area contributed by atoms with Crippen LogP contribution in [0.25, 0.3) is 0 Å². The number of benzene rings is 1. The molecule has 192 valence electrons. The Morgan fingerprint density at radius 1 is 1.00 bits per heavy atom. The van der Waals surface area contributed by atoms with E-state index in [0.717, 1.165) is 44.7 Å². The van der Waals surface area contributed by atoms with E-state index in [4.69, 9.17) is 4.74 Å². The fourth-order valence-electron chi connectivity index (χ4n) is 6.18. The predicted octanol–water partition coefficient (Wildman–Crippen LogP) is 4.14. The number of ether oxygens (including phenoxy) is 1. The van der Waals surface area contributed by atoms with Crippen molar-refractivity contribution in [2.24, 2.45) is 5.92 Å². The van der Waals surface area contributed by atoms with Crippen molar-refractivity contribution in [3.05, 3.63) is 35.4 Å². The summed E-state index contributed by atoms with van der Waals surface area (Å²) in [4.78, 5) is 2.60. The summed E-state index contributed by atoms with van der Waals surface area (Å²) in [5, 5.41) is 9.80. The number of rotatable bonds is 9. The molecule has 3 aliphatic rings. The van der Waals surface area contributed by atoms with Crippen LogP contribution in [0.2, 0.25) is 0 Å². The Kier molecular flexibility index (Phi) is 9.08. The lowest BCUT2D eigenvalue weighted by atomic mass is 9.83. The maximum atomic E-state index is 13.3. The van der Waals surface area contributed by atoms with Crippen molar-refractivity contribution in [2.45, 2.75) is 95.1 Å². The van der Waals surface area contributed by atoms with Crippen LogP contribution < -0.4 is 0 Å². The molecule has 2 atom stereocenters. The van der Waals surface area contributed by atoms with E-state index in [0.29, 0.717) is 38.5 Å². The number of hydrogen-bond donors (Lipinski definition) is 1. The number of nitrogens with zero attached hydrogens (tertiary/aromatic N) is 2. The summed E-state index contributed by atoms with van der Waals surface area (Å²) in [5.74, 6) is 0.495. The Morgan fingerprint density at radius 2 is 1.68 bits per heavy atom. The first-order chi connectivity index (χ1) is 16.4.